The van der Waals surface area contributed by atoms with Gasteiger partial charge in [-0.3, -0.25) is 0 Å². The van der Waals surface area contributed by atoms with Crippen molar-refractivity contribution in [3.63, 3.8) is 0 Å². The van der Waals surface area contributed by atoms with Gasteiger partial charge in [-0.15, -0.1) is 0 Å². The number of ether oxygens (including phenoxy) is 1. The number of nitrogens with zero attached hydrogens (tertiary/aromatic N) is 2. The molecule has 1 aliphatic heterocycles. The Labute approximate surface area is 170 Å². The molecule has 0 amide bonds. The van der Waals surface area contributed by atoms with Gasteiger partial charge in [-0.1, -0.05) is 34.1 Å². The van der Waals surface area contributed by atoms with Gasteiger partial charge < -0.3 is 4.74 Å². The first kappa shape index (κ1) is 17.2. The molecule has 5 heteroatoms. The Hall–Kier alpha value is -2.92. The van der Waals surface area contributed by atoms with Crippen LogP contribution in [-0.4, -0.2) is 9.78 Å². The molecular formula is C23H16BrFN2O. The average molecular weight is 435 g/mol. The molecule has 5 rings (SSSR count). The summed E-state index contributed by atoms with van der Waals surface area (Å²) < 4.78 is 22.3. The van der Waals surface area contributed by atoms with Crippen LogP contribution in [0.3, 0.4) is 0 Å². The van der Waals surface area contributed by atoms with E-state index < -0.39 is 0 Å². The van der Waals surface area contributed by atoms with E-state index in [0.717, 1.165) is 49.1 Å². The number of halogens is 2. The molecule has 3 aromatic carbocycles. The molecule has 0 saturated carbocycles. The number of aromatic nitrogens is 2. The number of hydrogen-bond donors (Lipinski definition) is 0. The SMILES string of the molecule is C/C(Br)=C1/c2cc3cnn(-c4ccc(F)cc4)c3cc2COc2ccccc21. The summed E-state index contributed by atoms with van der Waals surface area (Å²) in [5.41, 5.74) is 6.19. The molecule has 138 valence electrons. The molecule has 0 fully saturated rings. The van der Waals surface area contributed by atoms with Crippen LogP contribution in [0.1, 0.15) is 23.6 Å². The van der Waals surface area contributed by atoms with Crippen LogP contribution in [0.4, 0.5) is 4.39 Å². The summed E-state index contributed by atoms with van der Waals surface area (Å²) in [4.78, 5) is 0. The fourth-order valence-corrected chi connectivity index (χ4v) is 4.16. The van der Waals surface area contributed by atoms with Gasteiger partial charge in [0.1, 0.15) is 18.2 Å². The first-order valence-electron chi connectivity index (χ1n) is 8.97. The summed E-state index contributed by atoms with van der Waals surface area (Å²) in [5.74, 6) is 0.611. The molecule has 28 heavy (non-hydrogen) atoms. The third-order valence-electron chi connectivity index (χ3n) is 5.02. The van der Waals surface area contributed by atoms with Gasteiger partial charge in [-0.2, -0.15) is 5.10 Å². The summed E-state index contributed by atoms with van der Waals surface area (Å²) in [5, 5.41) is 5.55. The van der Waals surface area contributed by atoms with Gasteiger partial charge in [0.15, 0.2) is 0 Å². The Morgan fingerprint density at radius 1 is 1.07 bits per heavy atom. The van der Waals surface area contributed by atoms with Crippen LogP contribution >= 0.6 is 15.9 Å². The second-order valence-electron chi connectivity index (χ2n) is 6.79. The van der Waals surface area contributed by atoms with Crippen LogP contribution in [0, 0.1) is 5.82 Å². The lowest BCUT2D eigenvalue weighted by molar-refractivity contribution is 0.307. The van der Waals surface area contributed by atoms with E-state index in [2.05, 4.69) is 39.2 Å². The van der Waals surface area contributed by atoms with Crippen molar-refractivity contribution in [3.8, 4) is 11.4 Å². The van der Waals surface area contributed by atoms with Crippen molar-refractivity contribution in [2.24, 2.45) is 0 Å². The lowest BCUT2D eigenvalue weighted by Gasteiger charge is -2.12. The summed E-state index contributed by atoms with van der Waals surface area (Å²) in [6.07, 6.45) is 1.85. The molecule has 0 atom stereocenters. The van der Waals surface area contributed by atoms with Gasteiger partial charge in [0.05, 0.1) is 17.4 Å². The molecule has 0 N–H and O–H groups in total. The fraction of sp³-hybridized carbons (Fsp3) is 0.0870. The number of para-hydroxylation sites is 1. The number of allylic oxidation sites excluding steroid dienone is 1. The van der Waals surface area contributed by atoms with Crippen molar-refractivity contribution in [2.75, 3.05) is 0 Å². The van der Waals surface area contributed by atoms with Gasteiger partial charge in [0, 0.05) is 21.0 Å². The van der Waals surface area contributed by atoms with E-state index in [1.54, 1.807) is 12.1 Å². The van der Waals surface area contributed by atoms with Gasteiger partial charge >= 0.3 is 0 Å². The van der Waals surface area contributed by atoms with E-state index in [4.69, 9.17) is 4.74 Å². The average Bonchev–Trinajstić information content (AvgIpc) is 3.02. The molecule has 0 unspecified atom stereocenters. The molecule has 2 heterocycles. The van der Waals surface area contributed by atoms with Crippen LogP contribution in [-0.2, 0) is 6.61 Å². The first-order chi connectivity index (χ1) is 13.6. The van der Waals surface area contributed by atoms with Crippen molar-refractivity contribution in [2.45, 2.75) is 13.5 Å². The fourth-order valence-electron chi connectivity index (χ4n) is 3.73. The normalized spacial score (nSPS) is 14.8. The van der Waals surface area contributed by atoms with Gasteiger partial charge in [-0.05, 0) is 60.5 Å². The smallest absolute Gasteiger partial charge is 0.127 e. The largest absolute Gasteiger partial charge is 0.488 e. The van der Waals surface area contributed by atoms with E-state index in [-0.39, 0.29) is 5.82 Å². The molecule has 0 aliphatic carbocycles. The Bertz CT molecular complexity index is 1240. The molecular weight excluding hydrogens is 419 g/mol. The number of hydrogen-bond acceptors (Lipinski definition) is 2. The minimum Gasteiger partial charge on any atom is -0.488 e. The summed E-state index contributed by atoms with van der Waals surface area (Å²) in [7, 11) is 0. The Kier molecular flexibility index (Phi) is 4.05. The van der Waals surface area contributed by atoms with Gasteiger partial charge in [0.2, 0.25) is 0 Å². The maximum absolute atomic E-state index is 13.3. The minimum atomic E-state index is -0.261. The molecule has 0 bridgehead atoms. The standard InChI is InChI=1S/C23H16BrFN2O/c1-14(24)23-19-4-2-3-5-22(19)28-13-16-11-21-15(10-20(16)23)12-26-27(21)18-8-6-17(25)7-9-18/h2-12H,13H2,1H3/b23-14-. The maximum atomic E-state index is 13.3. The molecule has 1 aromatic heterocycles. The third-order valence-corrected chi connectivity index (χ3v) is 5.41. The summed E-state index contributed by atoms with van der Waals surface area (Å²) in [6.45, 7) is 2.52. The highest BCUT2D eigenvalue weighted by molar-refractivity contribution is 9.11. The number of benzene rings is 3. The molecule has 0 saturated heterocycles. The van der Waals surface area contributed by atoms with E-state index in [1.165, 1.54) is 12.1 Å². The Balaban J connectivity index is 1.74. The van der Waals surface area contributed by atoms with Gasteiger partial charge in [0.25, 0.3) is 0 Å². The predicted octanol–water partition coefficient (Wildman–Crippen LogP) is 6.23. The third kappa shape index (κ3) is 2.74. The molecule has 0 spiro atoms. The topological polar surface area (TPSA) is 27.1 Å². The zero-order valence-electron chi connectivity index (χ0n) is 15.1. The monoisotopic (exact) mass is 434 g/mol. The first-order valence-corrected chi connectivity index (χ1v) is 9.76. The van der Waals surface area contributed by atoms with Crippen molar-refractivity contribution >= 4 is 32.4 Å². The van der Waals surface area contributed by atoms with Crippen LogP contribution in [0.15, 0.2) is 71.3 Å². The van der Waals surface area contributed by atoms with Crippen molar-refractivity contribution < 1.29 is 9.13 Å². The highest BCUT2D eigenvalue weighted by Crippen LogP contribution is 2.41. The minimum absolute atomic E-state index is 0.261. The zero-order chi connectivity index (χ0) is 19.3. The maximum Gasteiger partial charge on any atom is 0.127 e. The molecule has 0 radical (unpaired) electrons. The molecule has 4 aromatic rings. The quantitative estimate of drug-likeness (QED) is 0.354. The van der Waals surface area contributed by atoms with Crippen LogP contribution in [0.25, 0.3) is 22.2 Å². The molecule has 1 aliphatic rings. The molecule has 3 nitrogen and oxygen atoms in total. The van der Waals surface area contributed by atoms with E-state index in [1.807, 2.05) is 36.0 Å². The van der Waals surface area contributed by atoms with Crippen LogP contribution in [0.5, 0.6) is 5.75 Å². The Morgan fingerprint density at radius 3 is 2.64 bits per heavy atom. The van der Waals surface area contributed by atoms with Crippen molar-refractivity contribution in [1.29, 1.82) is 0 Å². The van der Waals surface area contributed by atoms with Crippen molar-refractivity contribution in [3.05, 3.63) is 93.9 Å². The summed E-state index contributed by atoms with van der Waals surface area (Å²) in [6, 6.07) is 18.7. The van der Waals surface area contributed by atoms with Crippen LogP contribution in [0.2, 0.25) is 0 Å². The lowest BCUT2D eigenvalue weighted by Crippen LogP contribution is -1.99. The highest BCUT2D eigenvalue weighted by atomic mass is 79.9. The predicted molar refractivity (Wildman–Crippen MR) is 112 cm³/mol. The van der Waals surface area contributed by atoms with Gasteiger partial charge in [-0.25, -0.2) is 9.07 Å². The lowest BCUT2D eigenvalue weighted by atomic mass is 9.93. The van der Waals surface area contributed by atoms with Crippen molar-refractivity contribution in [1.82, 2.24) is 9.78 Å². The number of fused-ring (bicyclic) bond motifs is 3. The summed E-state index contributed by atoms with van der Waals surface area (Å²) >= 11 is 3.69. The zero-order valence-corrected chi connectivity index (χ0v) is 16.7. The highest BCUT2D eigenvalue weighted by Gasteiger charge is 2.22. The van der Waals surface area contributed by atoms with E-state index in [9.17, 15) is 4.39 Å². The van der Waals surface area contributed by atoms with E-state index in [0.29, 0.717) is 6.61 Å². The van der Waals surface area contributed by atoms with E-state index >= 15 is 0 Å². The second kappa shape index (κ2) is 6.60. The second-order valence-corrected chi connectivity index (χ2v) is 7.98. The number of rotatable bonds is 1. The Morgan fingerprint density at radius 2 is 1.86 bits per heavy atom. The van der Waals surface area contributed by atoms with Crippen LogP contribution < -0.4 is 4.74 Å².